The van der Waals surface area contributed by atoms with Gasteiger partial charge in [0.25, 0.3) is 0 Å². The van der Waals surface area contributed by atoms with E-state index in [9.17, 15) is 4.79 Å². The molecule has 0 aliphatic rings. The minimum absolute atomic E-state index is 0.0343. The number of rotatable bonds is 4. The number of nitrogens with zero attached hydrogens (tertiary/aromatic N) is 2. The number of carbonyl (C=O) groups is 1. The molecule has 0 radical (unpaired) electrons. The summed E-state index contributed by atoms with van der Waals surface area (Å²) in [7, 11) is 1.73. The number of hydrogen-bond donors (Lipinski definition) is 1. The van der Waals surface area contributed by atoms with E-state index < -0.39 is 0 Å². The van der Waals surface area contributed by atoms with Crippen LogP contribution >= 0.6 is 0 Å². The monoisotopic (exact) mass is 231 g/mol. The zero-order valence-electron chi connectivity index (χ0n) is 10.2. The van der Waals surface area contributed by atoms with Crippen LogP contribution in [0.1, 0.15) is 25.3 Å². The molecule has 1 aromatic carbocycles. The van der Waals surface area contributed by atoms with Crippen LogP contribution in [0.5, 0.6) is 0 Å². The molecule has 4 heteroatoms. The third kappa shape index (κ3) is 3.89. The fraction of sp³-hybridized carbons (Fsp3) is 0.385. The Kier molecular flexibility index (Phi) is 4.68. The third-order valence-electron chi connectivity index (χ3n) is 2.57. The van der Waals surface area contributed by atoms with Crippen LogP contribution in [0.25, 0.3) is 0 Å². The van der Waals surface area contributed by atoms with Gasteiger partial charge in [-0.15, -0.1) is 0 Å². The predicted octanol–water partition coefficient (Wildman–Crippen LogP) is 1.65. The highest BCUT2D eigenvalue weighted by atomic mass is 16.2. The molecular weight excluding hydrogens is 214 g/mol. The van der Waals surface area contributed by atoms with Crippen LogP contribution in [-0.4, -0.2) is 19.0 Å². The molecule has 0 aromatic heterocycles. The molecule has 0 saturated heterocycles. The standard InChI is InChI=1S/C13H17N3O/c1-10(15)3-8-13(17)16(2)12-6-4-11(9-14)5-7-12/h4-7,10H,3,8,15H2,1-2H3. The smallest absolute Gasteiger partial charge is 0.226 e. The van der Waals surface area contributed by atoms with Gasteiger partial charge >= 0.3 is 0 Å². The van der Waals surface area contributed by atoms with Crippen LogP contribution in [0.2, 0.25) is 0 Å². The van der Waals surface area contributed by atoms with Gasteiger partial charge < -0.3 is 10.6 Å². The maximum atomic E-state index is 11.8. The van der Waals surface area contributed by atoms with E-state index in [0.29, 0.717) is 18.4 Å². The lowest BCUT2D eigenvalue weighted by molar-refractivity contribution is -0.118. The average Bonchev–Trinajstić information content (AvgIpc) is 2.35. The molecule has 17 heavy (non-hydrogen) atoms. The maximum absolute atomic E-state index is 11.8. The van der Waals surface area contributed by atoms with Crippen molar-refractivity contribution >= 4 is 11.6 Å². The first-order chi connectivity index (χ1) is 8.04. The first-order valence-corrected chi connectivity index (χ1v) is 5.57. The second-order valence-electron chi connectivity index (χ2n) is 4.13. The number of carbonyl (C=O) groups excluding carboxylic acids is 1. The Morgan fingerprint density at radius 1 is 1.47 bits per heavy atom. The number of anilines is 1. The number of benzene rings is 1. The molecule has 1 atom stereocenters. The molecule has 0 bridgehead atoms. The van der Waals surface area contributed by atoms with Crippen LogP contribution in [-0.2, 0) is 4.79 Å². The summed E-state index contributed by atoms with van der Waals surface area (Å²) in [5.41, 5.74) is 6.99. The molecule has 0 saturated carbocycles. The lowest BCUT2D eigenvalue weighted by Gasteiger charge is -2.17. The summed E-state index contributed by atoms with van der Waals surface area (Å²) in [5.74, 6) is 0.0343. The topological polar surface area (TPSA) is 70.1 Å². The van der Waals surface area contributed by atoms with E-state index in [0.717, 1.165) is 5.69 Å². The van der Waals surface area contributed by atoms with E-state index in [1.807, 2.05) is 13.0 Å². The molecule has 1 aromatic rings. The van der Waals surface area contributed by atoms with Crippen LogP contribution in [0.4, 0.5) is 5.69 Å². The molecule has 1 rings (SSSR count). The van der Waals surface area contributed by atoms with E-state index in [4.69, 9.17) is 11.0 Å². The summed E-state index contributed by atoms with van der Waals surface area (Å²) < 4.78 is 0. The van der Waals surface area contributed by atoms with Crippen LogP contribution in [0.3, 0.4) is 0 Å². The van der Waals surface area contributed by atoms with Gasteiger partial charge in [-0.3, -0.25) is 4.79 Å². The van der Waals surface area contributed by atoms with Crippen molar-refractivity contribution in [2.45, 2.75) is 25.8 Å². The number of amides is 1. The van der Waals surface area contributed by atoms with Gasteiger partial charge in [0.2, 0.25) is 5.91 Å². The summed E-state index contributed by atoms with van der Waals surface area (Å²) in [6.07, 6.45) is 1.12. The van der Waals surface area contributed by atoms with Crippen molar-refractivity contribution in [1.82, 2.24) is 0 Å². The Hall–Kier alpha value is -1.86. The summed E-state index contributed by atoms with van der Waals surface area (Å²) in [5, 5.41) is 8.68. The van der Waals surface area contributed by atoms with Crippen LogP contribution < -0.4 is 10.6 Å². The van der Waals surface area contributed by atoms with Gasteiger partial charge in [0.15, 0.2) is 0 Å². The van der Waals surface area contributed by atoms with Gasteiger partial charge in [-0.25, -0.2) is 0 Å². The second-order valence-corrected chi connectivity index (χ2v) is 4.13. The Morgan fingerprint density at radius 2 is 2.06 bits per heavy atom. The molecule has 0 aliphatic heterocycles. The van der Waals surface area contributed by atoms with Crippen molar-refractivity contribution in [3.63, 3.8) is 0 Å². The molecule has 0 heterocycles. The van der Waals surface area contributed by atoms with Gasteiger partial charge in [0.1, 0.15) is 0 Å². The van der Waals surface area contributed by atoms with Gasteiger partial charge in [0, 0.05) is 25.2 Å². The lowest BCUT2D eigenvalue weighted by atomic mass is 10.1. The summed E-state index contributed by atoms with van der Waals surface area (Å²) in [4.78, 5) is 13.4. The van der Waals surface area contributed by atoms with Crippen molar-refractivity contribution in [2.24, 2.45) is 5.73 Å². The minimum atomic E-state index is 0.0343. The van der Waals surface area contributed by atoms with E-state index in [1.54, 1.807) is 36.2 Å². The van der Waals surface area contributed by atoms with E-state index in [1.165, 1.54) is 0 Å². The van der Waals surface area contributed by atoms with E-state index >= 15 is 0 Å². The molecule has 1 amide bonds. The zero-order chi connectivity index (χ0) is 12.8. The van der Waals surface area contributed by atoms with Crippen molar-refractivity contribution in [3.8, 4) is 6.07 Å². The maximum Gasteiger partial charge on any atom is 0.226 e. The van der Waals surface area contributed by atoms with Gasteiger partial charge in [-0.1, -0.05) is 0 Å². The summed E-state index contributed by atoms with van der Waals surface area (Å²) >= 11 is 0. The highest BCUT2D eigenvalue weighted by Crippen LogP contribution is 2.15. The summed E-state index contributed by atoms with van der Waals surface area (Å²) in [6, 6.07) is 9.01. The normalized spacial score (nSPS) is 11.6. The number of hydrogen-bond acceptors (Lipinski definition) is 3. The van der Waals surface area contributed by atoms with Crippen molar-refractivity contribution in [3.05, 3.63) is 29.8 Å². The molecule has 0 fully saturated rings. The second kappa shape index (κ2) is 6.02. The quantitative estimate of drug-likeness (QED) is 0.856. The number of nitriles is 1. The molecule has 1 unspecified atom stereocenters. The Bertz CT molecular complexity index is 417. The van der Waals surface area contributed by atoms with Gasteiger partial charge in [-0.2, -0.15) is 5.26 Å². The minimum Gasteiger partial charge on any atom is -0.328 e. The SMILES string of the molecule is CC(N)CCC(=O)N(C)c1ccc(C#N)cc1. The van der Waals surface area contributed by atoms with E-state index in [-0.39, 0.29) is 11.9 Å². The highest BCUT2D eigenvalue weighted by molar-refractivity contribution is 5.92. The molecule has 4 nitrogen and oxygen atoms in total. The lowest BCUT2D eigenvalue weighted by Crippen LogP contribution is -2.28. The number of nitrogens with two attached hydrogens (primary N) is 1. The first-order valence-electron chi connectivity index (χ1n) is 5.57. The largest absolute Gasteiger partial charge is 0.328 e. The van der Waals surface area contributed by atoms with E-state index in [2.05, 4.69) is 0 Å². The van der Waals surface area contributed by atoms with Gasteiger partial charge in [0.05, 0.1) is 11.6 Å². The first kappa shape index (κ1) is 13.2. The molecule has 0 spiro atoms. The van der Waals surface area contributed by atoms with Crippen LogP contribution in [0, 0.1) is 11.3 Å². The highest BCUT2D eigenvalue weighted by Gasteiger charge is 2.11. The third-order valence-corrected chi connectivity index (χ3v) is 2.57. The molecular formula is C13H17N3O. The fourth-order valence-electron chi connectivity index (χ4n) is 1.42. The van der Waals surface area contributed by atoms with Crippen molar-refractivity contribution < 1.29 is 4.79 Å². The average molecular weight is 231 g/mol. The fourth-order valence-corrected chi connectivity index (χ4v) is 1.42. The van der Waals surface area contributed by atoms with Gasteiger partial charge in [-0.05, 0) is 37.6 Å². The molecule has 90 valence electrons. The zero-order valence-corrected chi connectivity index (χ0v) is 10.2. The Morgan fingerprint density at radius 3 is 2.53 bits per heavy atom. The van der Waals surface area contributed by atoms with Crippen molar-refractivity contribution in [2.75, 3.05) is 11.9 Å². The van der Waals surface area contributed by atoms with Crippen molar-refractivity contribution in [1.29, 1.82) is 5.26 Å². The summed E-state index contributed by atoms with van der Waals surface area (Å²) in [6.45, 7) is 1.88. The van der Waals surface area contributed by atoms with Crippen LogP contribution in [0.15, 0.2) is 24.3 Å². The molecule has 2 N–H and O–H groups in total. The Balaban J connectivity index is 2.65. The Labute approximate surface area is 102 Å². The predicted molar refractivity (Wildman–Crippen MR) is 67.5 cm³/mol. The molecule has 0 aliphatic carbocycles.